The molecule has 2 aromatic carbocycles. The minimum atomic E-state index is 0. The Kier molecular flexibility index (Phi) is 5.90. The van der Waals surface area contributed by atoms with Crippen molar-refractivity contribution in [2.45, 2.75) is 25.3 Å². The van der Waals surface area contributed by atoms with Gasteiger partial charge in [-0.15, -0.1) is 12.4 Å². The molecule has 0 aliphatic carbocycles. The van der Waals surface area contributed by atoms with E-state index in [2.05, 4.69) is 67.6 Å². The molecule has 0 heterocycles. The number of nitrogens with two attached hydrogens (primary N) is 1. The zero-order valence-corrected chi connectivity index (χ0v) is 11.4. The van der Waals surface area contributed by atoms with Gasteiger partial charge in [-0.05, 0) is 24.5 Å². The van der Waals surface area contributed by atoms with Gasteiger partial charge >= 0.3 is 0 Å². The minimum Gasteiger partial charge on any atom is -0.328 e. The van der Waals surface area contributed by atoms with Gasteiger partial charge < -0.3 is 5.73 Å². The Morgan fingerprint density at radius 3 is 1.56 bits per heavy atom. The Hall–Kier alpha value is -1.31. The van der Waals surface area contributed by atoms with Gasteiger partial charge in [0.1, 0.15) is 0 Å². The molecule has 18 heavy (non-hydrogen) atoms. The maximum absolute atomic E-state index is 5.97. The lowest BCUT2D eigenvalue weighted by molar-refractivity contribution is 0.608. The molecule has 0 radical (unpaired) electrons. The summed E-state index contributed by atoms with van der Waals surface area (Å²) in [5.41, 5.74) is 8.66. The van der Waals surface area contributed by atoms with Gasteiger partial charge in [0.05, 0.1) is 0 Å². The Balaban J connectivity index is 0.00000162. The second-order valence-electron chi connectivity index (χ2n) is 4.59. The summed E-state index contributed by atoms with van der Waals surface area (Å²) >= 11 is 0. The van der Waals surface area contributed by atoms with Crippen LogP contribution in [-0.2, 0) is 0 Å². The quantitative estimate of drug-likeness (QED) is 0.885. The van der Waals surface area contributed by atoms with Crippen molar-refractivity contribution in [1.82, 2.24) is 0 Å². The van der Waals surface area contributed by atoms with Gasteiger partial charge in [0.2, 0.25) is 0 Å². The molecule has 0 aliphatic rings. The number of hydrogen-bond donors (Lipinski definition) is 1. The second-order valence-corrected chi connectivity index (χ2v) is 4.59. The van der Waals surface area contributed by atoms with Crippen molar-refractivity contribution in [2.24, 2.45) is 5.73 Å². The molecule has 2 heteroatoms. The molecular formula is C16H20ClN. The van der Waals surface area contributed by atoms with Crippen molar-refractivity contribution in [1.29, 1.82) is 0 Å². The van der Waals surface area contributed by atoms with Crippen LogP contribution in [0.3, 0.4) is 0 Å². The van der Waals surface area contributed by atoms with E-state index in [9.17, 15) is 0 Å². The highest BCUT2D eigenvalue weighted by atomic mass is 35.5. The average Bonchev–Trinajstić information content (AvgIpc) is 2.38. The first-order chi connectivity index (χ1) is 8.27. The fourth-order valence-corrected chi connectivity index (χ4v) is 2.21. The van der Waals surface area contributed by atoms with Crippen molar-refractivity contribution >= 4 is 12.4 Å². The first-order valence-corrected chi connectivity index (χ1v) is 6.13. The molecule has 2 rings (SSSR count). The molecule has 0 saturated heterocycles. The molecule has 0 spiro atoms. The molecule has 0 saturated carbocycles. The van der Waals surface area contributed by atoms with Gasteiger partial charge in [0.25, 0.3) is 0 Å². The Morgan fingerprint density at radius 1 is 0.833 bits per heavy atom. The molecular weight excluding hydrogens is 242 g/mol. The second kappa shape index (κ2) is 7.20. The summed E-state index contributed by atoms with van der Waals surface area (Å²) in [4.78, 5) is 0. The fourth-order valence-electron chi connectivity index (χ4n) is 2.21. The third-order valence-corrected chi connectivity index (χ3v) is 3.01. The summed E-state index contributed by atoms with van der Waals surface area (Å²) in [6.07, 6.45) is 0.980. The van der Waals surface area contributed by atoms with E-state index >= 15 is 0 Å². The van der Waals surface area contributed by atoms with E-state index in [1.807, 2.05) is 0 Å². The molecule has 2 N–H and O–H groups in total. The van der Waals surface area contributed by atoms with Gasteiger partial charge in [0, 0.05) is 12.0 Å². The third-order valence-electron chi connectivity index (χ3n) is 3.01. The van der Waals surface area contributed by atoms with E-state index in [-0.39, 0.29) is 18.4 Å². The monoisotopic (exact) mass is 261 g/mol. The molecule has 0 bridgehead atoms. The van der Waals surface area contributed by atoms with Crippen LogP contribution in [0.1, 0.15) is 30.4 Å². The normalized spacial score (nSPS) is 11.9. The summed E-state index contributed by atoms with van der Waals surface area (Å²) in [6, 6.07) is 21.4. The largest absolute Gasteiger partial charge is 0.328 e. The fraction of sp³-hybridized carbons (Fsp3) is 0.250. The summed E-state index contributed by atoms with van der Waals surface area (Å²) in [5.74, 6) is 0.400. The van der Waals surface area contributed by atoms with E-state index in [0.717, 1.165) is 6.42 Å². The molecule has 1 nitrogen and oxygen atoms in total. The van der Waals surface area contributed by atoms with Crippen molar-refractivity contribution in [3.63, 3.8) is 0 Å². The Labute approximate surface area is 115 Å². The standard InChI is InChI=1S/C16H19N.ClH/c1-13(17)12-16(14-8-4-2-5-9-14)15-10-6-3-7-11-15;/h2-11,13,16H,12,17H2,1H3;1H. The maximum Gasteiger partial charge on any atom is 0.0104 e. The van der Waals surface area contributed by atoms with Crippen molar-refractivity contribution in [3.05, 3.63) is 71.8 Å². The van der Waals surface area contributed by atoms with Crippen LogP contribution in [0.2, 0.25) is 0 Å². The zero-order valence-electron chi connectivity index (χ0n) is 10.6. The lowest BCUT2D eigenvalue weighted by Gasteiger charge is -2.20. The molecule has 1 unspecified atom stereocenters. The van der Waals surface area contributed by atoms with Crippen LogP contribution in [0, 0.1) is 0 Å². The van der Waals surface area contributed by atoms with E-state index in [4.69, 9.17) is 5.73 Å². The molecule has 0 fully saturated rings. The van der Waals surface area contributed by atoms with Crippen molar-refractivity contribution in [2.75, 3.05) is 0 Å². The van der Waals surface area contributed by atoms with Crippen LogP contribution in [0.5, 0.6) is 0 Å². The van der Waals surface area contributed by atoms with Gasteiger partial charge in [0.15, 0.2) is 0 Å². The van der Waals surface area contributed by atoms with Gasteiger partial charge in [-0.3, -0.25) is 0 Å². The molecule has 96 valence electrons. The smallest absolute Gasteiger partial charge is 0.0104 e. The molecule has 0 aromatic heterocycles. The van der Waals surface area contributed by atoms with Gasteiger partial charge in [-0.2, -0.15) is 0 Å². The number of hydrogen-bond acceptors (Lipinski definition) is 1. The Morgan fingerprint density at radius 2 is 1.22 bits per heavy atom. The predicted molar refractivity (Wildman–Crippen MR) is 80.2 cm³/mol. The lowest BCUT2D eigenvalue weighted by atomic mass is 9.86. The van der Waals surface area contributed by atoms with Gasteiger partial charge in [-0.1, -0.05) is 60.7 Å². The van der Waals surface area contributed by atoms with E-state index in [1.54, 1.807) is 0 Å². The summed E-state index contributed by atoms with van der Waals surface area (Å²) < 4.78 is 0. The Bertz CT molecular complexity index is 400. The predicted octanol–water partition coefficient (Wildman–Crippen LogP) is 3.98. The number of benzene rings is 2. The van der Waals surface area contributed by atoms with E-state index in [1.165, 1.54) is 11.1 Å². The molecule has 1 atom stereocenters. The maximum atomic E-state index is 5.97. The van der Waals surface area contributed by atoms with E-state index in [0.29, 0.717) is 5.92 Å². The topological polar surface area (TPSA) is 26.0 Å². The molecule has 0 amide bonds. The van der Waals surface area contributed by atoms with E-state index < -0.39 is 0 Å². The first kappa shape index (κ1) is 14.7. The summed E-state index contributed by atoms with van der Waals surface area (Å²) in [6.45, 7) is 2.07. The number of rotatable bonds is 4. The average molecular weight is 262 g/mol. The van der Waals surface area contributed by atoms with Crippen LogP contribution < -0.4 is 5.73 Å². The summed E-state index contributed by atoms with van der Waals surface area (Å²) in [7, 11) is 0. The van der Waals surface area contributed by atoms with Crippen molar-refractivity contribution < 1.29 is 0 Å². The summed E-state index contributed by atoms with van der Waals surface area (Å²) in [5, 5.41) is 0. The highest BCUT2D eigenvalue weighted by Gasteiger charge is 2.15. The molecule has 0 aliphatic heterocycles. The SMILES string of the molecule is CC(N)CC(c1ccccc1)c1ccccc1.Cl. The van der Waals surface area contributed by atoms with Crippen LogP contribution >= 0.6 is 12.4 Å². The van der Waals surface area contributed by atoms with Gasteiger partial charge in [-0.25, -0.2) is 0 Å². The zero-order chi connectivity index (χ0) is 12.1. The third kappa shape index (κ3) is 3.86. The van der Waals surface area contributed by atoms with Crippen LogP contribution in [0.15, 0.2) is 60.7 Å². The van der Waals surface area contributed by atoms with Crippen molar-refractivity contribution in [3.8, 4) is 0 Å². The van der Waals surface area contributed by atoms with Crippen LogP contribution in [0.4, 0.5) is 0 Å². The first-order valence-electron chi connectivity index (χ1n) is 6.13. The van der Waals surface area contributed by atoms with Crippen LogP contribution in [0.25, 0.3) is 0 Å². The highest BCUT2D eigenvalue weighted by Crippen LogP contribution is 2.28. The number of halogens is 1. The highest BCUT2D eigenvalue weighted by molar-refractivity contribution is 5.85. The minimum absolute atomic E-state index is 0. The molecule has 2 aromatic rings. The van der Waals surface area contributed by atoms with Crippen LogP contribution in [-0.4, -0.2) is 6.04 Å². The lowest BCUT2D eigenvalue weighted by Crippen LogP contribution is -2.19.